The molecule has 0 aliphatic heterocycles. The van der Waals surface area contributed by atoms with E-state index in [1.165, 1.54) is 19.1 Å². The van der Waals surface area contributed by atoms with E-state index in [2.05, 4.69) is 4.74 Å². The predicted molar refractivity (Wildman–Crippen MR) is 79.8 cm³/mol. The molecule has 0 aliphatic carbocycles. The van der Waals surface area contributed by atoms with Crippen LogP contribution in [0, 0.1) is 0 Å². The van der Waals surface area contributed by atoms with Gasteiger partial charge in [-0.15, -0.1) is 0 Å². The van der Waals surface area contributed by atoms with Gasteiger partial charge in [0.25, 0.3) is 0 Å². The number of rotatable bonds is 4. The summed E-state index contributed by atoms with van der Waals surface area (Å²) >= 11 is 0. The molecule has 0 aromatic heterocycles. The Labute approximate surface area is 132 Å². The maximum atomic E-state index is 12.0. The minimum Gasteiger partial charge on any atom is -0.429 e. The standard InChI is InChI=1S/C17H14O6/c1-12(18)22-15-10-6-5-9-14(15)16(19)23-17(20)21-11-13-7-3-2-4-8-13/h2-10H,11H2,1H3. The molecule has 0 fully saturated rings. The van der Waals surface area contributed by atoms with E-state index >= 15 is 0 Å². The van der Waals surface area contributed by atoms with Crippen LogP contribution in [-0.2, 0) is 20.9 Å². The first-order valence-corrected chi connectivity index (χ1v) is 6.76. The Hall–Kier alpha value is -3.15. The van der Waals surface area contributed by atoms with Crippen molar-refractivity contribution in [1.82, 2.24) is 0 Å². The van der Waals surface area contributed by atoms with Gasteiger partial charge in [0, 0.05) is 6.92 Å². The van der Waals surface area contributed by atoms with Crippen LogP contribution in [0.1, 0.15) is 22.8 Å². The normalized spacial score (nSPS) is 9.78. The van der Waals surface area contributed by atoms with Crippen LogP contribution in [0.4, 0.5) is 4.79 Å². The molecule has 0 bridgehead atoms. The van der Waals surface area contributed by atoms with E-state index in [0.717, 1.165) is 5.56 Å². The zero-order valence-electron chi connectivity index (χ0n) is 12.4. The van der Waals surface area contributed by atoms with Gasteiger partial charge in [-0.25, -0.2) is 9.59 Å². The molecule has 2 aromatic carbocycles. The van der Waals surface area contributed by atoms with Crippen molar-refractivity contribution in [3.05, 3.63) is 65.7 Å². The summed E-state index contributed by atoms with van der Waals surface area (Å²) in [5, 5.41) is 0. The summed E-state index contributed by atoms with van der Waals surface area (Å²) in [6.07, 6.45) is -1.13. The number of carbonyl (C=O) groups excluding carboxylic acids is 3. The highest BCUT2D eigenvalue weighted by atomic mass is 16.7. The van der Waals surface area contributed by atoms with Crippen LogP contribution in [0.3, 0.4) is 0 Å². The van der Waals surface area contributed by atoms with E-state index in [1.54, 1.807) is 36.4 Å². The van der Waals surface area contributed by atoms with Crippen LogP contribution in [0.2, 0.25) is 0 Å². The first kappa shape index (κ1) is 16.2. The molecule has 0 heterocycles. The van der Waals surface area contributed by atoms with Gasteiger partial charge in [-0.05, 0) is 17.7 Å². The first-order chi connectivity index (χ1) is 11.1. The molecule has 2 rings (SSSR count). The van der Waals surface area contributed by atoms with E-state index in [0.29, 0.717) is 0 Å². The summed E-state index contributed by atoms with van der Waals surface area (Å²) in [5.74, 6) is -1.53. The zero-order valence-corrected chi connectivity index (χ0v) is 12.4. The monoisotopic (exact) mass is 314 g/mol. The van der Waals surface area contributed by atoms with Gasteiger partial charge in [-0.1, -0.05) is 42.5 Å². The van der Waals surface area contributed by atoms with Crippen molar-refractivity contribution in [3.63, 3.8) is 0 Å². The van der Waals surface area contributed by atoms with Crippen LogP contribution in [0.5, 0.6) is 5.75 Å². The maximum Gasteiger partial charge on any atom is 0.516 e. The van der Waals surface area contributed by atoms with Gasteiger partial charge in [0.1, 0.15) is 17.9 Å². The summed E-state index contributed by atoms with van der Waals surface area (Å²) < 4.78 is 14.3. The summed E-state index contributed by atoms with van der Waals surface area (Å²) in [4.78, 5) is 34.5. The number of benzene rings is 2. The molecule has 2 aromatic rings. The van der Waals surface area contributed by atoms with Crippen LogP contribution < -0.4 is 4.74 Å². The van der Waals surface area contributed by atoms with E-state index in [9.17, 15) is 14.4 Å². The van der Waals surface area contributed by atoms with E-state index in [4.69, 9.17) is 9.47 Å². The fourth-order valence-electron chi connectivity index (χ4n) is 1.76. The quantitative estimate of drug-likeness (QED) is 0.490. The number of ether oxygens (including phenoxy) is 3. The molecule has 0 amide bonds. The average molecular weight is 314 g/mol. The van der Waals surface area contributed by atoms with Gasteiger partial charge in [-0.2, -0.15) is 0 Å². The van der Waals surface area contributed by atoms with Crippen molar-refractivity contribution in [2.45, 2.75) is 13.5 Å². The van der Waals surface area contributed by atoms with Crippen molar-refractivity contribution in [2.24, 2.45) is 0 Å². The second-order valence-electron chi connectivity index (χ2n) is 4.50. The average Bonchev–Trinajstić information content (AvgIpc) is 2.54. The lowest BCUT2D eigenvalue weighted by molar-refractivity contribution is -0.131. The molecule has 0 N–H and O–H groups in total. The summed E-state index contributed by atoms with van der Waals surface area (Å²) in [5.41, 5.74) is 0.719. The van der Waals surface area contributed by atoms with Crippen molar-refractivity contribution in [3.8, 4) is 5.75 Å². The molecule has 0 saturated heterocycles. The summed E-state index contributed by atoms with van der Waals surface area (Å²) in [6.45, 7) is 1.19. The number of hydrogen-bond donors (Lipinski definition) is 0. The van der Waals surface area contributed by atoms with E-state index < -0.39 is 18.1 Å². The smallest absolute Gasteiger partial charge is 0.429 e. The van der Waals surface area contributed by atoms with Gasteiger partial charge in [0.05, 0.1) is 0 Å². The third-order valence-corrected chi connectivity index (χ3v) is 2.74. The Balaban J connectivity index is 1.96. The van der Waals surface area contributed by atoms with Gasteiger partial charge in [0.2, 0.25) is 0 Å². The lowest BCUT2D eigenvalue weighted by Gasteiger charge is -2.08. The van der Waals surface area contributed by atoms with Crippen molar-refractivity contribution >= 4 is 18.1 Å². The molecule has 6 heteroatoms. The third kappa shape index (κ3) is 4.96. The van der Waals surface area contributed by atoms with Gasteiger partial charge in [0.15, 0.2) is 0 Å². The Bertz CT molecular complexity index is 708. The highest BCUT2D eigenvalue weighted by Gasteiger charge is 2.19. The number of esters is 2. The molecule has 0 radical (unpaired) electrons. The lowest BCUT2D eigenvalue weighted by Crippen LogP contribution is -2.15. The first-order valence-electron chi connectivity index (χ1n) is 6.76. The van der Waals surface area contributed by atoms with Gasteiger partial charge >= 0.3 is 18.1 Å². The Morgan fingerprint density at radius 1 is 0.913 bits per heavy atom. The van der Waals surface area contributed by atoms with E-state index in [1.807, 2.05) is 6.07 Å². The van der Waals surface area contributed by atoms with Gasteiger partial charge < -0.3 is 14.2 Å². The molecule has 23 heavy (non-hydrogen) atoms. The molecule has 0 spiro atoms. The second-order valence-corrected chi connectivity index (χ2v) is 4.50. The SMILES string of the molecule is CC(=O)Oc1ccccc1C(=O)OC(=O)OCc1ccccc1. The molecule has 118 valence electrons. The fraction of sp³-hybridized carbons (Fsp3) is 0.118. The predicted octanol–water partition coefficient (Wildman–Crippen LogP) is 3.11. The second kappa shape index (κ2) is 7.74. The molecular weight excluding hydrogens is 300 g/mol. The Kier molecular flexibility index (Phi) is 5.46. The number of hydrogen-bond acceptors (Lipinski definition) is 6. The highest BCUT2D eigenvalue weighted by Crippen LogP contribution is 2.19. The van der Waals surface area contributed by atoms with Crippen molar-refractivity contribution in [2.75, 3.05) is 0 Å². The summed E-state index contributed by atoms with van der Waals surface area (Å²) in [6, 6.07) is 14.9. The Morgan fingerprint density at radius 2 is 1.57 bits per heavy atom. The topological polar surface area (TPSA) is 78.9 Å². The molecular formula is C17H14O6. The minimum atomic E-state index is -1.13. The highest BCUT2D eigenvalue weighted by molar-refractivity contribution is 5.98. The number of carbonyl (C=O) groups is 3. The molecule has 0 atom stereocenters. The summed E-state index contributed by atoms with van der Waals surface area (Å²) in [7, 11) is 0. The Morgan fingerprint density at radius 3 is 2.26 bits per heavy atom. The van der Waals surface area contributed by atoms with Gasteiger partial charge in [-0.3, -0.25) is 4.79 Å². The minimum absolute atomic E-state index is 0.0147. The molecule has 0 saturated carbocycles. The van der Waals surface area contributed by atoms with Crippen LogP contribution in [0.25, 0.3) is 0 Å². The fourth-order valence-corrected chi connectivity index (χ4v) is 1.76. The van der Waals surface area contributed by atoms with Crippen molar-refractivity contribution < 1.29 is 28.6 Å². The molecule has 0 unspecified atom stereocenters. The lowest BCUT2D eigenvalue weighted by atomic mass is 10.2. The van der Waals surface area contributed by atoms with Crippen molar-refractivity contribution in [1.29, 1.82) is 0 Å². The van der Waals surface area contributed by atoms with Crippen LogP contribution in [-0.4, -0.2) is 18.1 Å². The van der Waals surface area contributed by atoms with Crippen LogP contribution >= 0.6 is 0 Å². The maximum absolute atomic E-state index is 12.0. The number of para-hydroxylation sites is 1. The van der Waals surface area contributed by atoms with Crippen LogP contribution in [0.15, 0.2) is 54.6 Å². The largest absolute Gasteiger partial charge is 0.516 e. The third-order valence-electron chi connectivity index (χ3n) is 2.74. The zero-order chi connectivity index (χ0) is 16.7. The van der Waals surface area contributed by atoms with E-state index in [-0.39, 0.29) is 17.9 Å². The molecule has 0 aliphatic rings. The molecule has 6 nitrogen and oxygen atoms in total.